The van der Waals surface area contributed by atoms with Crippen LogP contribution in [-0.4, -0.2) is 16.0 Å². The van der Waals surface area contributed by atoms with Crippen LogP contribution in [0.4, 0.5) is 5.82 Å². The van der Waals surface area contributed by atoms with Crippen molar-refractivity contribution in [1.82, 2.24) is 4.98 Å². The summed E-state index contributed by atoms with van der Waals surface area (Å²) in [4.78, 5) is 4.67. The normalized spacial score (nSPS) is 12.1. The summed E-state index contributed by atoms with van der Waals surface area (Å²) in [6.45, 7) is 4.39. The Balaban J connectivity index is 2.50. The second-order valence-electron chi connectivity index (χ2n) is 4.34. The van der Waals surface area contributed by atoms with Gasteiger partial charge in [0, 0.05) is 17.8 Å². The van der Waals surface area contributed by atoms with E-state index >= 15 is 0 Å². The predicted octanol–water partition coefficient (Wildman–Crippen LogP) is 3.10. The third-order valence-corrected chi connectivity index (χ3v) is 2.92. The van der Waals surface area contributed by atoms with Crippen LogP contribution in [0.5, 0.6) is 0 Å². The molecule has 17 heavy (non-hydrogen) atoms. The van der Waals surface area contributed by atoms with Crippen LogP contribution in [-0.2, 0) is 0 Å². The Labute approximate surface area is 109 Å². The van der Waals surface area contributed by atoms with Crippen LogP contribution in [0.2, 0.25) is 0 Å². The van der Waals surface area contributed by atoms with Crippen molar-refractivity contribution in [1.29, 1.82) is 0 Å². The van der Waals surface area contributed by atoms with Crippen molar-refractivity contribution in [3.63, 3.8) is 0 Å². The van der Waals surface area contributed by atoms with Gasteiger partial charge in [-0.1, -0.05) is 38.4 Å². The largest absolute Gasteiger partial charge is 0.389 e. The number of hydrogen-bond donors (Lipinski definition) is 2. The topological polar surface area (TPSA) is 50.9 Å². The van der Waals surface area contributed by atoms with E-state index in [1.54, 1.807) is 6.20 Å². The molecule has 94 valence electrons. The van der Waals surface area contributed by atoms with Crippen molar-refractivity contribution in [3.05, 3.63) is 23.9 Å². The molecule has 4 heteroatoms. The molecule has 1 aromatic rings. The Kier molecular flexibility index (Phi) is 5.91. The summed E-state index contributed by atoms with van der Waals surface area (Å²) in [5, 5.41) is 3.37. The van der Waals surface area contributed by atoms with E-state index in [-0.39, 0.29) is 0 Å². The number of aromatic nitrogens is 1. The molecule has 0 amide bonds. The lowest BCUT2D eigenvalue weighted by atomic mass is 10.1. The summed E-state index contributed by atoms with van der Waals surface area (Å²) in [6, 6.07) is 4.16. The van der Waals surface area contributed by atoms with Crippen LogP contribution in [0.15, 0.2) is 18.3 Å². The van der Waals surface area contributed by atoms with Crippen molar-refractivity contribution in [3.8, 4) is 0 Å². The zero-order valence-electron chi connectivity index (χ0n) is 10.6. The summed E-state index contributed by atoms with van der Waals surface area (Å²) in [5.41, 5.74) is 6.45. The fourth-order valence-corrected chi connectivity index (χ4v) is 1.81. The van der Waals surface area contributed by atoms with Gasteiger partial charge in [-0.3, -0.25) is 0 Å². The molecule has 0 aliphatic heterocycles. The maximum atomic E-state index is 5.59. The number of nitrogens with zero attached hydrogens (tertiary/aromatic N) is 1. The molecule has 0 aromatic carbocycles. The van der Waals surface area contributed by atoms with Crippen molar-refractivity contribution in [2.24, 2.45) is 5.73 Å². The second kappa shape index (κ2) is 7.22. The number of hydrogen-bond acceptors (Lipinski definition) is 3. The van der Waals surface area contributed by atoms with Gasteiger partial charge in [-0.05, 0) is 25.5 Å². The molecule has 0 radical (unpaired) electrons. The van der Waals surface area contributed by atoms with Crippen LogP contribution in [0.3, 0.4) is 0 Å². The lowest BCUT2D eigenvalue weighted by Crippen LogP contribution is -2.17. The highest BCUT2D eigenvalue weighted by molar-refractivity contribution is 7.80. The number of rotatable bonds is 7. The van der Waals surface area contributed by atoms with Crippen LogP contribution in [0.25, 0.3) is 0 Å². The van der Waals surface area contributed by atoms with Gasteiger partial charge in [-0.25, -0.2) is 4.98 Å². The summed E-state index contributed by atoms with van der Waals surface area (Å²) < 4.78 is 0. The molecule has 0 aliphatic carbocycles. The minimum absolute atomic E-state index is 0.411. The van der Waals surface area contributed by atoms with Gasteiger partial charge in [0.25, 0.3) is 0 Å². The fourth-order valence-electron chi connectivity index (χ4n) is 1.69. The average Bonchev–Trinajstić information content (AvgIpc) is 2.29. The first-order valence-electron chi connectivity index (χ1n) is 6.16. The first kappa shape index (κ1) is 13.9. The lowest BCUT2D eigenvalue weighted by molar-refractivity contribution is 0.614. The van der Waals surface area contributed by atoms with Crippen LogP contribution < -0.4 is 11.1 Å². The molecule has 0 saturated carbocycles. The molecule has 1 atom stereocenters. The first-order valence-corrected chi connectivity index (χ1v) is 6.56. The van der Waals surface area contributed by atoms with Gasteiger partial charge in [0.2, 0.25) is 0 Å². The molecule has 0 aliphatic rings. The molecule has 0 saturated heterocycles. The van der Waals surface area contributed by atoms with Crippen molar-refractivity contribution >= 4 is 23.0 Å². The molecule has 1 unspecified atom stereocenters. The predicted molar refractivity (Wildman–Crippen MR) is 77.4 cm³/mol. The van der Waals surface area contributed by atoms with E-state index in [0.29, 0.717) is 11.0 Å². The Morgan fingerprint density at radius 2 is 2.29 bits per heavy atom. The SMILES string of the molecule is CCCCCC(C)Nc1cc(C(N)=S)ccn1. The number of unbranched alkanes of at least 4 members (excludes halogenated alkanes) is 2. The highest BCUT2D eigenvalue weighted by atomic mass is 32.1. The van der Waals surface area contributed by atoms with Gasteiger partial charge in [0.1, 0.15) is 10.8 Å². The third kappa shape index (κ3) is 5.13. The highest BCUT2D eigenvalue weighted by Gasteiger charge is 2.04. The molecule has 3 N–H and O–H groups in total. The average molecular weight is 251 g/mol. The number of anilines is 1. The van der Waals surface area contributed by atoms with E-state index in [4.69, 9.17) is 18.0 Å². The number of nitrogens with one attached hydrogen (secondary N) is 1. The van der Waals surface area contributed by atoms with Crippen molar-refractivity contribution in [2.75, 3.05) is 5.32 Å². The fraction of sp³-hybridized carbons (Fsp3) is 0.538. The Bertz CT molecular complexity index is 365. The van der Waals surface area contributed by atoms with E-state index in [0.717, 1.165) is 17.8 Å². The quantitative estimate of drug-likeness (QED) is 0.577. The molecule has 0 fully saturated rings. The Morgan fingerprint density at radius 3 is 2.94 bits per heavy atom. The highest BCUT2D eigenvalue weighted by Crippen LogP contribution is 2.11. The van der Waals surface area contributed by atoms with Crippen molar-refractivity contribution < 1.29 is 0 Å². The van der Waals surface area contributed by atoms with E-state index in [2.05, 4.69) is 24.1 Å². The number of pyridine rings is 1. The monoisotopic (exact) mass is 251 g/mol. The zero-order valence-corrected chi connectivity index (χ0v) is 11.4. The second-order valence-corrected chi connectivity index (χ2v) is 4.78. The smallest absolute Gasteiger partial charge is 0.126 e. The molecule has 0 bridgehead atoms. The van der Waals surface area contributed by atoms with E-state index in [1.807, 2.05) is 12.1 Å². The van der Waals surface area contributed by atoms with E-state index in [1.165, 1.54) is 19.3 Å². The van der Waals surface area contributed by atoms with Gasteiger partial charge >= 0.3 is 0 Å². The molecular weight excluding hydrogens is 230 g/mol. The van der Waals surface area contributed by atoms with Gasteiger partial charge in [-0.15, -0.1) is 0 Å². The Morgan fingerprint density at radius 1 is 1.53 bits per heavy atom. The summed E-state index contributed by atoms with van der Waals surface area (Å²) in [5.74, 6) is 0.847. The lowest BCUT2D eigenvalue weighted by Gasteiger charge is -2.14. The molecule has 1 aromatic heterocycles. The molecule has 0 spiro atoms. The van der Waals surface area contributed by atoms with Gasteiger partial charge in [0.15, 0.2) is 0 Å². The van der Waals surface area contributed by atoms with Crippen LogP contribution in [0.1, 0.15) is 45.1 Å². The van der Waals surface area contributed by atoms with Gasteiger partial charge in [-0.2, -0.15) is 0 Å². The number of nitrogens with two attached hydrogens (primary N) is 1. The standard InChI is InChI=1S/C13H21N3S/c1-3-4-5-6-10(2)16-12-9-11(13(14)17)7-8-15-12/h7-10H,3-6H2,1-2H3,(H2,14,17)(H,15,16). The van der Waals surface area contributed by atoms with Gasteiger partial charge in [0.05, 0.1) is 0 Å². The van der Waals surface area contributed by atoms with Crippen LogP contribution in [0, 0.1) is 0 Å². The zero-order chi connectivity index (χ0) is 12.7. The molecule has 3 nitrogen and oxygen atoms in total. The molecule has 1 heterocycles. The maximum absolute atomic E-state index is 5.59. The molecular formula is C13H21N3S. The van der Waals surface area contributed by atoms with Crippen LogP contribution >= 0.6 is 12.2 Å². The summed E-state index contributed by atoms with van der Waals surface area (Å²) in [7, 11) is 0. The Hall–Kier alpha value is -1.16. The van der Waals surface area contributed by atoms with Gasteiger partial charge < -0.3 is 11.1 Å². The molecule has 1 rings (SSSR count). The number of thiocarbonyl (C=S) groups is 1. The minimum atomic E-state index is 0.411. The summed E-state index contributed by atoms with van der Waals surface area (Å²) >= 11 is 4.94. The summed E-state index contributed by atoms with van der Waals surface area (Å²) in [6.07, 6.45) is 6.68. The minimum Gasteiger partial charge on any atom is -0.389 e. The van der Waals surface area contributed by atoms with E-state index < -0.39 is 0 Å². The maximum Gasteiger partial charge on any atom is 0.126 e. The van der Waals surface area contributed by atoms with Crippen molar-refractivity contribution in [2.45, 2.75) is 45.6 Å². The third-order valence-electron chi connectivity index (χ3n) is 2.68. The van der Waals surface area contributed by atoms with E-state index in [9.17, 15) is 0 Å². The first-order chi connectivity index (χ1) is 8.13.